The fourth-order valence-corrected chi connectivity index (χ4v) is 0.628. The van der Waals surface area contributed by atoms with Crippen LogP contribution < -0.4 is 5.73 Å². The first kappa shape index (κ1) is 37.5. The van der Waals surface area contributed by atoms with Crippen molar-refractivity contribution in [2.45, 2.75) is 20.3 Å². The van der Waals surface area contributed by atoms with Crippen LogP contribution in [0.15, 0.2) is 38.0 Å². The van der Waals surface area contributed by atoms with Gasteiger partial charge < -0.3 is 41.1 Å². The van der Waals surface area contributed by atoms with E-state index >= 15 is 0 Å². The van der Waals surface area contributed by atoms with E-state index in [1.54, 1.807) is 6.92 Å². The number of carboxylic acid groups (broad SMARTS) is 3. The third-order valence-corrected chi connectivity index (χ3v) is 2.57. The Balaban J connectivity index is -0.0000000891. The van der Waals surface area contributed by atoms with Crippen LogP contribution in [0.2, 0.25) is 0 Å². The molecule has 0 aliphatic rings. The van der Waals surface area contributed by atoms with Gasteiger partial charge in [0.25, 0.3) is 0 Å². The summed E-state index contributed by atoms with van der Waals surface area (Å²) in [5, 5.41) is 48.8. The summed E-state index contributed by atoms with van der Waals surface area (Å²) in [6, 6.07) is 0. The Kier molecular flexibility index (Phi) is 35.0. The molecule has 0 radical (unpaired) electrons. The first-order valence-electron chi connectivity index (χ1n) is 8.14. The lowest BCUT2D eigenvalue weighted by atomic mass is 9.88. The standard InChI is InChI=1S/C6H14O3.C3H7NO2.3C3H4O2/c1-2-6(3-7,4-8)5-9;1-2-6-3(4)5;3*1-2-3(4)5/h7-9H,2-5H2,1H3;2H2,1H3,(H2,4,5);3*2H,1H2,(H,4,5). The number of primary amides is 1. The summed E-state index contributed by atoms with van der Waals surface area (Å²) in [5.41, 5.74) is 3.88. The number of aliphatic hydroxyl groups excluding tert-OH is 3. The lowest BCUT2D eigenvalue weighted by Gasteiger charge is -2.24. The quantitative estimate of drug-likeness (QED) is 0.253. The van der Waals surface area contributed by atoms with E-state index in [-0.39, 0.29) is 19.8 Å². The Bertz CT molecular complexity index is 440. The summed E-state index contributed by atoms with van der Waals surface area (Å²) in [5.74, 6) is -2.94. The highest BCUT2D eigenvalue weighted by Gasteiger charge is 2.24. The van der Waals surface area contributed by atoms with Crippen molar-refractivity contribution < 1.29 is 54.6 Å². The highest BCUT2D eigenvalue weighted by molar-refractivity contribution is 5.79. The molecular weight excluding hydrogens is 406 g/mol. The molecule has 0 saturated carbocycles. The van der Waals surface area contributed by atoms with Crippen LogP contribution in [-0.2, 0) is 19.1 Å². The molecule has 0 aromatic rings. The average Bonchev–Trinajstić information content (AvgIpc) is 2.71. The van der Waals surface area contributed by atoms with Gasteiger partial charge in [-0.25, -0.2) is 19.2 Å². The van der Waals surface area contributed by atoms with E-state index in [9.17, 15) is 19.2 Å². The Morgan fingerprint density at radius 3 is 1.03 bits per heavy atom. The Morgan fingerprint density at radius 1 is 0.800 bits per heavy atom. The number of amides is 1. The molecule has 0 fully saturated rings. The third kappa shape index (κ3) is 44.3. The van der Waals surface area contributed by atoms with Crippen LogP contribution >= 0.6 is 0 Å². The molecule has 1 amide bonds. The molecule has 0 spiro atoms. The van der Waals surface area contributed by atoms with Crippen molar-refractivity contribution in [1.82, 2.24) is 0 Å². The van der Waals surface area contributed by atoms with Gasteiger partial charge in [-0.2, -0.15) is 0 Å². The van der Waals surface area contributed by atoms with Gasteiger partial charge in [0.1, 0.15) is 0 Å². The van der Waals surface area contributed by atoms with E-state index < -0.39 is 29.4 Å². The largest absolute Gasteiger partial charge is 0.478 e. The number of hydrogen-bond acceptors (Lipinski definition) is 8. The second-order valence-electron chi connectivity index (χ2n) is 4.71. The van der Waals surface area contributed by atoms with Gasteiger partial charge in [0.2, 0.25) is 0 Å². The molecule has 0 heterocycles. The monoisotopic (exact) mass is 439 g/mol. The van der Waals surface area contributed by atoms with E-state index in [1.807, 2.05) is 6.92 Å². The minimum atomic E-state index is -0.981. The van der Waals surface area contributed by atoms with Gasteiger partial charge >= 0.3 is 24.0 Å². The second-order valence-corrected chi connectivity index (χ2v) is 4.71. The van der Waals surface area contributed by atoms with Gasteiger partial charge in [-0.05, 0) is 13.3 Å². The number of rotatable bonds is 8. The normalized spacial score (nSPS) is 8.30. The Labute approximate surface area is 175 Å². The van der Waals surface area contributed by atoms with Crippen LogP contribution in [0, 0.1) is 5.41 Å². The van der Waals surface area contributed by atoms with E-state index in [2.05, 4.69) is 30.2 Å². The number of carbonyl (C=O) groups is 4. The number of hydrogen-bond donors (Lipinski definition) is 7. The van der Waals surface area contributed by atoms with Gasteiger partial charge in [0, 0.05) is 23.6 Å². The number of aliphatic carboxylic acids is 3. The molecule has 0 aromatic carbocycles. The maximum Gasteiger partial charge on any atom is 0.404 e. The molecule has 0 rings (SSSR count). The van der Waals surface area contributed by atoms with Crippen molar-refractivity contribution in [3.05, 3.63) is 38.0 Å². The highest BCUT2D eigenvalue weighted by atomic mass is 16.5. The molecule has 0 aromatic heterocycles. The van der Waals surface area contributed by atoms with Crippen LogP contribution in [0.25, 0.3) is 0 Å². The SMILES string of the molecule is C=CC(=O)O.C=CC(=O)O.C=CC(=O)O.CCC(CO)(CO)CO.CCOC(N)=O. The first-order chi connectivity index (χ1) is 13.8. The van der Waals surface area contributed by atoms with Crippen LogP contribution in [0.5, 0.6) is 0 Å². The predicted molar refractivity (Wildman–Crippen MR) is 109 cm³/mol. The van der Waals surface area contributed by atoms with Crippen molar-refractivity contribution in [1.29, 1.82) is 0 Å². The molecule has 12 nitrogen and oxygen atoms in total. The summed E-state index contributed by atoms with van der Waals surface area (Å²) in [6.45, 7) is 12.3. The van der Waals surface area contributed by atoms with E-state index in [0.717, 1.165) is 18.2 Å². The highest BCUT2D eigenvalue weighted by Crippen LogP contribution is 2.18. The number of carboxylic acids is 3. The molecular formula is C18H33NO11. The summed E-state index contributed by atoms with van der Waals surface area (Å²) >= 11 is 0. The molecule has 0 bridgehead atoms. The molecule has 0 saturated heterocycles. The lowest BCUT2D eigenvalue weighted by molar-refractivity contribution is -0.132. The molecule has 176 valence electrons. The molecule has 12 heteroatoms. The van der Waals surface area contributed by atoms with Crippen molar-refractivity contribution in [3.8, 4) is 0 Å². The molecule has 30 heavy (non-hydrogen) atoms. The van der Waals surface area contributed by atoms with Gasteiger partial charge in [-0.3, -0.25) is 0 Å². The number of ether oxygens (including phenoxy) is 1. The van der Waals surface area contributed by atoms with Crippen molar-refractivity contribution in [2.75, 3.05) is 26.4 Å². The molecule has 0 aliphatic carbocycles. The Hall–Kier alpha value is -3.22. The zero-order chi connectivity index (χ0) is 25.2. The maximum absolute atomic E-state index is 9.60. The zero-order valence-electron chi connectivity index (χ0n) is 17.2. The van der Waals surface area contributed by atoms with E-state index in [1.165, 1.54) is 0 Å². The fraction of sp³-hybridized carbons (Fsp3) is 0.444. The van der Waals surface area contributed by atoms with Crippen molar-refractivity contribution >= 4 is 24.0 Å². The van der Waals surface area contributed by atoms with Gasteiger partial charge in [0.05, 0.1) is 26.4 Å². The van der Waals surface area contributed by atoms with Crippen LogP contribution in [0.4, 0.5) is 4.79 Å². The lowest BCUT2D eigenvalue weighted by Crippen LogP contribution is -2.32. The first-order valence-corrected chi connectivity index (χ1v) is 8.14. The second kappa shape index (κ2) is 28.0. The van der Waals surface area contributed by atoms with Gasteiger partial charge in [-0.1, -0.05) is 26.7 Å². The number of carbonyl (C=O) groups excluding carboxylic acids is 1. The summed E-state index contributed by atoms with van der Waals surface area (Å²) in [4.78, 5) is 37.3. The van der Waals surface area contributed by atoms with Crippen molar-refractivity contribution in [2.24, 2.45) is 11.1 Å². The topological polar surface area (TPSA) is 225 Å². The molecule has 0 aliphatic heterocycles. The fourth-order valence-electron chi connectivity index (χ4n) is 0.628. The average molecular weight is 439 g/mol. The summed E-state index contributed by atoms with van der Waals surface area (Å²) in [6.07, 6.45) is 2.38. The summed E-state index contributed by atoms with van der Waals surface area (Å²) in [7, 11) is 0. The smallest absolute Gasteiger partial charge is 0.404 e. The van der Waals surface area contributed by atoms with E-state index in [4.69, 9.17) is 30.6 Å². The maximum atomic E-state index is 9.60. The van der Waals surface area contributed by atoms with E-state index in [0.29, 0.717) is 13.0 Å². The van der Waals surface area contributed by atoms with Crippen LogP contribution in [0.1, 0.15) is 20.3 Å². The predicted octanol–water partition coefficient (Wildman–Crippen LogP) is 0.232. The number of nitrogens with two attached hydrogens (primary N) is 1. The van der Waals surface area contributed by atoms with Gasteiger partial charge in [0.15, 0.2) is 0 Å². The number of aliphatic hydroxyl groups is 3. The van der Waals surface area contributed by atoms with Crippen LogP contribution in [-0.4, -0.2) is 81.1 Å². The molecule has 8 N–H and O–H groups in total. The third-order valence-electron chi connectivity index (χ3n) is 2.57. The zero-order valence-corrected chi connectivity index (χ0v) is 17.2. The van der Waals surface area contributed by atoms with Gasteiger partial charge in [-0.15, -0.1) is 0 Å². The van der Waals surface area contributed by atoms with Crippen molar-refractivity contribution in [3.63, 3.8) is 0 Å². The van der Waals surface area contributed by atoms with Crippen LogP contribution in [0.3, 0.4) is 0 Å². The molecule has 0 atom stereocenters. The molecule has 0 unspecified atom stereocenters. The minimum absolute atomic E-state index is 0.156. The summed E-state index contributed by atoms with van der Waals surface area (Å²) < 4.78 is 4.18. The minimum Gasteiger partial charge on any atom is -0.478 e. The Morgan fingerprint density at radius 2 is 1.03 bits per heavy atom.